The molecule has 2 saturated heterocycles. The second kappa shape index (κ2) is 11.7. The van der Waals surface area contributed by atoms with Gasteiger partial charge < -0.3 is 19.1 Å². The molecule has 1 saturated carbocycles. The van der Waals surface area contributed by atoms with Gasteiger partial charge >= 0.3 is 6.09 Å². The molecule has 42 heavy (non-hydrogen) atoms. The summed E-state index contributed by atoms with van der Waals surface area (Å²) >= 11 is 0. The fraction of sp³-hybridized carbons (Fsp3) is 0.629. The van der Waals surface area contributed by atoms with E-state index in [1.165, 1.54) is 29.5 Å². The number of nitrogens with zero attached hydrogens (tertiary/aromatic N) is 3. The first-order valence-corrected chi connectivity index (χ1v) is 16.0. The van der Waals surface area contributed by atoms with Gasteiger partial charge in [0.25, 0.3) is 0 Å². The van der Waals surface area contributed by atoms with Crippen LogP contribution >= 0.6 is 0 Å². The number of rotatable bonds is 5. The van der Waals surface area contributed by atoms with Gasteiger partial charge in [0.2, 0.25) is 0 Å². The molecule has 7 nitrogen and oxygen atoms in total. The molecule has 4 aliphatic rings. The number of carbonyl (C=O) groups is 1. The van der Waals surface area contributed by atoms with Gasteiger partial charge in [-0.1, -0.05) is 44.2 Å². The monoisotopic (exact) mass is 575 g/mol. The minimum Gasteiger partial charge on any atom is -0.486 e. The Morgan fingerprint density at radius 1 is 0.976 bits per heavy atom. The molecule has 2 aromatic carbocycles. The highest BCUT2D eigenvalue weighted by Crippen LogP contribution is 2.53. The zero-order chi connectivity index (χ0) is 29.5. The largest absolute Gasteiger partial charge is 0.486 e. The van der Waals surface area contributed by atoms with Crippen LogP contribution in [-0.4, -0.2) is 78.4 Å². The number of fused-ring (bicyclic) bond motifs is 1. The normalized spacial score (nSPS) is 23.2. The summed E-state index contributed by atoms with van der Waals surface area (Å²) in [7, 11) is 0. The highest BCUT2D eigenvalue weighted by Gasteiger charge is 2.50. The summed E-state index contributed by atoms with van der Waals surface area (Å²) < 4.78 is 17.3. The Bertz CT molecular complexity index is 1260. The van der Waals surface area contributed by atoms with Crippen molar-refractivity contribution in [1.29, 1.82) is 0 Å². The molecule has 0 radical (unpaired) electrons. The van der Waals surface area contributed by atoms with Crippen LogP contribution in [0.3, 0.4) is 0 Å². The van der Waals surface area contributed by atoms with Gasteiger partial charge in [-0.3, -0.25) is 9.80 Å². The van der Waals surface area contributed by atoms with Crippen molar-refractivity contribution >= 4 is 6.09 Å². The molecule has 2 aromatic rings. The number of carbonyl (C=O) groups excluding carboxylic acids is 1. The molecule has 3 aliphatic heterocycles. The Labute approximate surface area is 252 Å². The van der Waals surface area contributed by atoms with Crippen molar-refractivity contribution in [3.63, 3.8) is 0 Å². The standard InChI is InChI=1S/C35H49N3O4/c1-25(2)28-8-6-7-9-29(28)30-24-36(23-26-10-11-31-32(20-26)41-19-18-40-31)16-17-38(30)27-21-35(22-27)12-14-37(15-13-35)33(39)42-34(3,4)5/h6-11,20,25,27,30H,12-19,21-24H2,1-5H3. The smallest absolute Gasteiger partial charge is 0.410 e. The molecule has 7 heteroatoms. The average Bonchev–Trinajstić information content (AvgIpc) is 2.95. The van der Waals surface area contributed by atoms with E-state index in [2.05, 4.69) is 66.1 Å². The second-order valence-electron chi connectivity index (χ2n) is 14.3. The molecule has 3 fully saturated rings. The van der Waals surface area contributed by atoms with E-state index in [9.17, 15) is 4.79 Å². The van der Waals surface area contributed by atoms with Gasteiger partial charge in [0.15, 0.2) is 11.5 Å². The van der Waals surface area contributed by atoms with Crippen LogP contribution in [0.15, 0.2) is 42.5 Å². The third-order valence-corrected chi connectivity index (χ3v) is 9.78. The molecule has 1 aliphatic carbocycles. The van der Waals surface area contributed by atoms with Crippen LogP contribution in [0.25, 0.3) is 0 Å². The Kier molecular flexibility index (Phi) is 8.18. The molecular formula is C35H49N3O4. The van der Waals surface area contributed by atoms with Crippen LogP contribution in [0.1, 0.15) is 89.0 Å². The van der Waals surface area contributed by atoms with Gasteiger partial charge in [0.05, 0.1) is 0 Å². The Hall–Kier alpha value is -2.77. The molecule has 6 rings (SSSR count). The third-order valence-electron chi connectivity index (χ3n) is 9.78. The highest BCUT2D eigenvalue weighted by atomic mass is 16.6. The summed E-state index contributed by atoms with van der Waals surface area (Å²) in [4.78, 5) is 20.0. The third kappa shape index (κ3) is 6.28. The molecule has 0 bridgehead atoms. The molecule has 0 aromatic heterocycles. The van der Waals surface area contributed by atoms with Gasteiger partial charge in [-0.15, -0.1) is 0 Å². The molecule has 3 heterocycles. The van der Waals surface area contributed by atoms with Gasteiger partial charge in [0, 0.05) is 51.4 Å². The number of benzene rings is 2. The van der Waals surface area contributed by atoms with E-state index in [0.717, 1.165) is 63.6 Å². The van der Waals surface area contributed by atoms with Crippen LogP contribution in [0.2, 0.25) is 0 Å². The highest BCUT2D eigenvalue weighted by molar-refractivity contribution is 5.68. The SMILES string of the molecule is CC(C)c1ccccc1C1CN(Cc2ccc3c(c2)OCCO3)CCN1C1CC2(CCN(C(=O)OC(C)(C)C)CC2)C1. The molecule has 1 atom stereocenters. The summed E-state index contributed by atoms with van der Waals surface area (Å²) in [5.74, 6) is 2.21. The van der Waals surface area contributed by atoms with Crippen LogP contribution in [0, 0.1) is 5.41 Å². The number of piperazine rings is 1. The van der Waals surface area contributed by atoms with Crippen LogP contribution in [0.5, 0.6) is 11.5 Å². The van der Waals surface area contributed by atoms with E-state index in [0.29, 0.717) is 36.6 Å². The van der Waals surface area contributed by atoms with Crippen molar-refractivity contribution < 1.29 is 19.0 Å². The summed E-state index contributed by atoms with van der Waals surface area (Å²) in [6.45, 7) is 17.4. The lowest BCUT2D eigenvalue weighted by Crippen LogP contribution is -2.60. The Morgan fingerprint density at radius 2 is 1.69 bits per heavy atom. The van der Waals surface area contributed by atoms with Crippen molar-refractivity contribution in [3.8, 4) is 11.5 Å². The zero-order valence-corrected chi connectivity index (χ0v) is 26.2. The fourth-order valence-electron chi connectivity index (χ4n) is 7.57. The van der Waals surface area contributed by atoms with E-state index in [-0.39, 0.29) is 6.09 Å². The van der Waals surface area contributed by atoms with Crippen LogP contribution < -0.4 is 9.47 Å². The van der Waals surface area contributed by atoms with Crippen molar-refractivity contribution in [2.24, 2.45) is 5.41 Å². The minimum absolute atomic E-state index is 0.160. The van der Waals surface area contributed by atoms with E-state index in [1.54, 1.807) is 0 Å². The second-order valence-corrected chi connectivity index (χ2v) is 14.3. The zero-order valence-electron chi connectivity index (χ0n) is 26.2. The number of amides is 1. The van der Waals surface area contributed by atoms with Crippen molar-refractivity contribution in [2.45, 2.75) is 90.4 Å². The molecular weight excluding hydrogens is 526 g/mol. The maximum atomic E-state index is 12.6. The van der Waals surface area contributed by atoms with Gasteiger partial charge in [-0.05, 0) is 86.6 Å². The summed E-state index contributed by atoms with van der Waals surface area (Å²) in [6.07, 6.45) is 4.47. The fourth-order valence-corrected chi connectivity index (χ4v) is 7.57. The molecule has 1 unspecified atom stereocenters. The molecule has 0 N–H and O–H groups in total. The topological polar surface area (TPSA) is 54.5 Å². The van der Waals surface area contributed by atoms with Crippen molar-refractivity contribution in [1.82, 2.24) is 14.7 Å². The molecule has 1 spiro atoms. The predicted molar refractivity (Wildman–Crippen MR) is 165 cm³/mol. The maximum absolute atomic E-state index is 12.6. The lowest BCUT2D eigenvalue weighted by molar-refractivity contribution is -0.0782. The van der Waals surface area contributed by atoms with Gasteiger partial charge in [0.1, 0.15) is 18.8 Å². The average molecular weight is 576 g/mol. The van der Waals surface area contributed by atoms with Gasteiger partial charge in [-0.2, -0.15) is 0 Å². The van der Waals surface area contributed by atoms with Gasteiger partial charge in [-0.25, -0.2) is 4.79 Å². The number of likely N-dealkylation sites (tertiary alicyclic amines) is 1. The van der Waals surface area contributed by atoms with Crippen molar-refractivity contribution in [2.75, 3.05) is 45.9 Å². The lowest BCUT2D eigenvalue weighted by Gasteiger charge is -2.58. The summed E-state index contributed by atoms with van der Waals surface area (Å²) in [6, 6.07) is 16.5. The first-order valence-electron chi connectivity index (χ1n) is 16.0. The van der Waals surface area contributed by atoms with E-state index >= 15 is 0 Å². The predicted octanol–water partition coefficient (Wildman–Crippen LogP) is 6.62. The number of ether oxygens (including phenoxy) is 3. The lowest BCUT2D eigenvalue weighted by atomic mass is 9.59. The Balaban J connectivity index is 1.14. The first-order chi connectivity index (χ1) is 20.1. The molecule has 1 amide bonds. The maximum Gasteiger partial charge on any atom is 0.410 e. The summed E-state index contributed by atoms with van der Waals surface area (Å²) in [5, 5.41) is 0. The van der Waals surface area contributed by atoms with E-state index < -0.39 is 5.60 Å². The minimum atomic E-state index is -0.445. The summed E-state index contributed by atoms with van der Waals surface area (Å²) in [5.41, 5.74) is 4.16. The molecule has 228 valence electrons. The first kappa shape index (κ1) is 29.3. The number of hydrogen-bond donors (Lipinski definition) is 0. The van der Waals surface area contributed by atoms with Crippen LogP contribution in [0.4, 0.5) is 4.79 Å². The Morgan fingerprint density at radius 3 is 2.40 bits per heavy atom. The number of hydrogen-bond acceptors (Lipinski definition) is 6. The quantitative estimate of drug-likeness (QED) is 0.400. The van der Waals surface area contributed by atoms with E-state index in [1.807, 2.05) is 25.7 Å². The number of piperidine rings is 1. The van der Waals surface area contributed by atoms with Crippen molar-refractivity contribution in [3.05, 3.63) is 59.2 Å². The van der Waals surface area contributed by atoms with Crippen LogP contribution in [-0.2, 0) is 11.3 Å². The van der Waals surface area contributed by atoms with E-state index in [4.69, 9.17) is 14.2 Å².